The lowest BCUT2D eigenvalue weighted by Gasteiger charge is -2.25. The summed E-state index contributed by atoms with van der Waals surface area (Å²) in [5.74, 6) is -0.582. The van der Waals surface area contributed by atoms with Gasteiger partial charge in [0.05, 0.1) is 12.3 Å². The Morgan fingerprint density at radius 3 is 2.65 bits per heavy atom. The summed E-state index contributed by atoms with van der Waals surface area (Å²) in [6.45, 7) is 6.71. The van der Waals surface area contributed by atoms with E-state index >= 15 is 0 Å². The molecule has 2 amide bonds. The molecule has 1 heterocycles. The second kappa shape index (κ2) is 8.07. The molecular weight excluding hydrogens is 340 g/mol. The summed E-state index contributed by atoms with van der Waals surface area (Å²) in [5, 5.41) is 2.51. The molecule has 8 heteroatoms. The van der Waals surface area contributed by atoms with E-state index < -0.39 is 29.6 Å². The average Bonchev–Trinajstić information content (AvgIpc) is 2.66. The molecule has 0 saturated carbocycles. The topological polar surface area (TPSA) is 94.2 Å². The SMILES string of the molecule is CCOC(=O)CN1C(=O)C(NC(=O)OC(C)(C)C)COc2ccccc21. The van der Waals surface area contributed by atoms with Gasteiger partial charge in [-0.1, -0.05) is 12.1 Å². The number of para-hydroxylation sites is 2. The Kier molecular flexibility index (Phi) is 6.07. The largest absolute Gasteiger partial charge is 0.489 e. The molecule has 0 aliphatic carbocycles. The molecule has 0 spiro atoms. The van der Waals surface area contributed by atoms with Gasteiger partial charge < -0.3 is 19.5 Å². The van der Waals surface area contributed by atoms with Crippen LogP contribution in [-0.4, -0.2) is 49.4 Å². The second-order valence-electron chi connectivity index (χ2n) is 6.71. The fourth-order valence-electron chi connectivity index (χ4n) is 2.41. The highest BCUT2D eigenvalue weighted by Crippen LogP contribution is 2.31. The number of carbonyl (C=O) groups is 3. The Bertz CT molecular complexity index is 683. The van der Waals surface area contributed by atoms with Crippen LogP contribution in [0.1, 0.15) is 27.7 Å². The lowest BCUT2D eigenvalue weighted by molar-refractivity contribution is -0.142. The van der Waals surface area contributed by atoms with Gasteiger partial charge in [-0.3, -0.25) is 14.5 Å². The van der Waals surface area contributed by atoms with Gasteiger partial charge in [-0.05, 0) is 39.8 Å². The summed E-state index contributed by atoms with van der Waals surface area (Å²) in [7, 11) is 0. The zero-order chi connectivity index (χ0) is 19.3. The van der Waals surface area contributed by atoms with Crippen molar-refractivity contribution >= 4 is 23.7 Å². The summed E-state index contributed by atoms with van der Waals surface area (Å²) < 4.78 is 15.8. The predicted octanol–water partition coefficient (Wildman–Crippen LogP) is 1.87. The number of esters is 1. The molecule has 1 unspecified atom stereocenters. The zero-order valence-electron chi connectivity index (χ0n) is 15.4. The van der Waals surface area contributed by atoms with Crippen molar-refractivity contribution in [3.8, 4) is 5.75 Å². The number of rotatable bonds is 4. The summed E-state index contributed by atoms with van der Waals surface area (Å²) in [6, 6.07) is 5.86. The van der Waals surface area contributed by atoms with E-state index in [-0.39, 0.29) is 19.8 Å². The Hall–Kier alpha value is -2.77. The van der Waals surface area contributed by atoms with Crippen LogP contribution in [0.5, 0.6) is 5.75 Å². The monoisotopic (exact) mass is 364 g/mol. The van der Waals surface area contributed by atoms with Crippen LogP contribution in [0.3, 0.4) is 0 Å². The number of ether oxygens (including phenoxy) is 3. The number of hydrogen-bond donors (Lipinski definition) is 1. The highest BCUT2D eigenvalue weighted by atomic mass is 16.6. The predicted molar refractivity (Wildman–Crippen MR) is 94.1 cm³/mol. The van der Waals surface area contributed by atoms with Crippen molar-refractivity contribution in [3.63, 3.8) is 0 Å². The van der Waals surface area contributed by atoms with Gasteiger partial charge in [-0.2, -0.15) is 0 Å². The van der Waals surface area contributed by atoms with Crippen molar-refractivity contribution in [1.29, 1.82) is 0 Å². The van der Waals surface area contributed by atoms with Crippen LogP contribution >= 0.6 is 0 Å². The van der Waals surface area contributed by atoms with E-state index in [1.54, 1.807) is 52.0 Å². The highest BCUT2D eigenvalue weighted by molar-refractivity contribution is 6.03. The quantitative estimate of drug-likeness (QED) is 0.820. The number of carbonyl (C=O) groups excluding carboxylic acids is 3. The van der Waals surface area contributed by atoms with Gasteiger partial charge in [0.2, 0.25) is 0 Å². The van der Waals surface area contributed by atoms with E-state index in [0.717, 1.165) is 0 Å². The van der Waals surface area contributed by atoms with Crippen molar-refractivity contribution in [2.24, 2.45) is 0 Å². The normalized spacial score (nSPS) is 16.8. The first-order valence-electron chi connectivity index (χ1n) is 8.39. The average molecular weight is 364 g/mol. The third-order valence-electron chi connectivity index (χ3n) is 3.41. The Balaban J connectivity index is 2.23. The molecule has 1 N–H and O–H groups in total. The third kappa shape index (κ3) is 5.11. The third-order valence-corrected chi connectivity index (χ3v) is 3.41. The molecule has 0 saturated heterocycles. The van der Waals surface area contributed by atoms with Crippen LogP contribution in [0.25, 0.3) is 0 Å². The van der Waals surface area contributed by atoms with E-state index in [4.69, 9.17) is 14.2 Å². The van der Waals surface area contributed by atoms with Gasteiger partial charge in [0, 0.05) is 0 Å². The van der Waals surface area contributed by atoms with Crippen molar-refractivity contribution in [1.82, 2.24) is 5.32 Å². The van der Waals surface area contributed by atoms with E-state index in [1.807, 2.05) is 0 Å². The van der Waals surface area contributed by atoms with Crippen molar-refractivity contribution in [3.05, 3.63) is 24.3 Å². The van der Waals surface area contributed by atoms with Gasteiger partial charge in [-0.15, -0.1) is 0 Å². The lowest BCUT2D eigenvalue weighted by atomic mass is 10.2. The molecule has 8 nitrogen and oxygen atoms in total. The fraction of sp³-hybridized carbons (Fsp3) is 0.500. The van der Waals surface area contributed by atoms with Crippen LogP contribution in [0.4, 0.5) is 10.5 Å². The molecule has 0 radical (unpaired) electrons. The minimum atomic E-state index is -0.994. The molecular formula is C18H24N2O6. The van der Waals surface area contributed by atoms with E-state index in [1.165, 1.54) is 4.90 Å². The maximum atomic E-state index is 12.9. The lowest BCUT2D eigenvalue weighted by Crippen LogP contribution is -2.52. The molecule has 0 aromatic heterocycles. The zero-order valence-corrected chi connectivity index (χ0v) is 15.4. The molecule has 1 aromatic carbocycles. The fourth-order valence-corrected chi connectivity index (χ4v) is 2.41. The summed E-state index contributed by atoms with van der Waals surface area (Å²) in [5.41, 5.74) is -0.259. The van der Waals surface area contributed by atoms with Crippen LogP contribution < -0.4 is 15.0 Å². The molecule has 26 heavy (non-hydrogen) atoms. The number of amides is 2. The van der Waals surface area contributed by atoms with Crippen LogP contribution in [0.15, 0.2) is 24.3 Å². The molecule has 1 aromatic rings. The summed E-state index contributed by atoms with van der Waals surface area (Å²) in [4.78, 5) is 38.1. The van der Waals surface area contributed by atoms with Crippen molar-refractivity contribution in [2.45, 2.75) is 39.3 Å². The standard InChI is InChI=1S/C18H24N2O6/c1-5-24-15(21)10-20-13-8-6-7-9-14(13)25-11-12(16(20)22)19-17(23)26-18(2,3)4/h6-9,12H,5,10-11H2,1-4H3,(H,19,23). The first-order chi connectivity index (χ1) is 12.2. The van der Waals surface area contributed by atoms with Gasteiger partial charge in [0.1, 0.15) is 30.5 Å². The first-order valence-corrected chi connectivity index (χ1v) is 8.39. The van der Waals surface area contributed by atoms with Crippen LogP contribution in [0, 0.1) is 0 Å². The minimum absolute atomic E-state index is 0.0750. The van der Waals surface area contributed by atoms with Gasteiger partial charge >= 0.3 is 12.1 Å². The molecule has 142 valence electrons. The maximum absolute atomic E-state index is 12.9. The molecule has 0 fully saturated rings. The maximum Gasteiger partial charge on any atom is 0.408 e. The van der Waals surface area contributed by atoms with Crippen molar-refractivity contribution < 1.29 is 28.6 Å². The number of anilines is 1. The van der Waals surface area contributed by atoms with E-state index in [0.29, 0.717) is 11.4 Å². The summed E-state index contributed by atoms with van der Waals surface area (Å²) >= 11 is 0. The van der Waals surface area contributed by atoms with E-state index in [2.05, 4.69) is 5.32 Å². The number of nitrogens with zero attached hydrogens (tertiary/aromatic N) is 1. The molecule has 0 bridgehead atoms. The van der Waals surface area contributed by atoms with Gasteiger partial charge in [0.25, 0.3) is 5.91 Å². The van der Waals surface area contributed by atoms with E-state index in [9.17, 15) is 14.4 Å². The number of benzene rings is 1. The molecule has 1 aliphatic heterocycles. The number of alkyl carbamates (subject to hydrolysis) is 1. The molecule has 2 rings (SSSR count). The molecule has 1 aliphatic rings. The number of fused-ring (bicyclic) bond motifs is 1. The Morgan fingerprint density at radius 1 is 1.31 bits per heavy atom. The van der Waals surface area contributed by atoms with Gasteiger partial charge in [0.15, 0.2) is 0 Å². The Morgan fingerprint density at radius 2 is 2.00 bits per heavy atom. The van der Waals surface area contributed by atoms with Crippen LogP contribution in [-0.2, 0) is 19.1 Å². The number of nitrogens with one attached hydrogen (secondary N) is 1. The highest BCUT2D eigenvalue weighted by Gasteiger charge is 2.34. The minimum Gasteiger partial charge on any atom is -0.489 e. The molecule has 1 atom stereocenters. The smallest absolute Gasteiger partial charge is 0.408 e. The second-order valence-corrected chi connectivity index (χ2v) is 6.71. The summed E-state index contributed by atoms with van der Waals surface area (Å²) in [6.07, 6.45) is -0.735. The number of hydrogen-bond acceptors (Lipinski definition) is 6. The Labute approximate surface area is 152 Å². The van der Waals surface area contributed by atoms with Crippen molar-refractivity contribution in [2.75, 3.05) is 24.7 Å². The first kappa shape index (κ1) is 19.6. The van der Waals surface area contributed by atoms with Crippen LogP contribution in [0.2, 0.25) is 0 Å². The van der Waals surface area contributed by atoms with Gasteiger partial charge in [-0.25, -0.2) is 4.79 Å².